The molecule has 0 amide bonds. The minimum Gasteiger partial charge on any atom is -0.389 e. The molecule has 1 unspecified atom stereocenters. The topological polar surface area (TPSA) is 47.3 Å². The number of halogens is 1. The summed E-state index contributed by atoms with van der Waals surface area (Å²) >= 11 is 8.57. The van der Waals surface area contributed by atoms with E-state index in [0.717, 1.165) is 28.8 Å². The van der Waals surface area contributed by atoms with Crippen LogP contribution in [0.1, 0.15) is 18.9 Å². The SMILES string of the molecule is CC1(Nc2cccc(Br)c2C(N)=S)CCOC1. The first-order chi connectivity index (χ1) is 8.02. The van der Waals surface area contributed by atoms with E-state index in [-0.39, 0.29) is 5.54 Å². The molecule has 1 atom stereocenters. The Labute approximate surface area is 115 Å². The zero-order chi connectivity index (χ0) is 12.5. The van der Waals surface area contributed by atoms with Gasteiger partial charge in [0.25, 0.3) is 0 Å². The number of hydrogen-bond donors (Lipinski definition) is 2. The number of ether oxygens (including phenoxy) is 1. The normalized spacial score (nSPS) is 23.6. The molecule has 2 rings (SSSR count). The zero-order valence-electron chi connectivity index (χ0n) is 9.63. The first kappa shape index (κ1) is 12.8. The molecule has 0 saturated carbocycles. The molecule has 0 aromatic heterocycles. The average molecular weight is 315 g/mol. The van der Waals surface area contributed by atoms with Crippen molar-refractivity contribution in [1.82, 2.24) is 0 Å². The van der Waals surface area contributed by atoms with E-state index in [1.807, 2.05) is 18.2 Å². The number of nitrogens with one attached hydrogen (secondary N) is 1. The summed E-state index contributed by atoms with van der Waals surface area (Å²) in [5, 5.41) is 3.49. The van der Waals surface area contributed by atoms with Gasteiger partial charge in [0.05, 0.1) is 12.1 Å². The molecule has 3 nitrogen and oxygen atoms in total. The predicted molar refractivity (Wildman–Crippen MR) is 77.5 cm³/mol. The Morgan fingerprint density at radius 1 is 1.59 bits per heavy atom. The Morgan fingerprint density at radius 2 is 2.35 bits per heavy atom. The highest BCUT2D eigenvalue weighted by molar-refractivity contribution is 9.10. The van der Waals surface area contributed by atoms with E-state index in [2.05, 4.69) is 28.2 Å². The van der Waals surface area contributed by atoms with E-state index in [4.69, 9.17) is 22.7 Å². The van der Waals surface area contributed by atoms with E-state index in [1.165, 1.54) is 0 Å². The summed E-state index contributed by atoms with van der Waals surface area (Å²) in [4.78, 5) is 0.391. The third kappa shape index (κ3) is 2.78. The van der Waals surface area contributed by atoms with Crippen LogP contribution in [0.4, 0.5) is 5.69 Å². The van der Waals surface area contributed by atoms with Gasteiger partial charge in [0.15, 0.2) is 0 Å². The van der Waals surface area contributed by atoms with Crippen LogP contribution >= 0.6 is 28.1 Å². The van der Waals surface area contributed by atoms with Crippen LogP contribution in [0.2, 0.25) is 0 Å². The number of thiocarbonyl (C=S) groups is 1. The van der Waals surface area contributed by atoms with Crippen LogP contribution in [-0.2, 0) is 4.74 Å². The maximum Gasteiger partial charge on any atom is 0.107 e. The van der Waals surface area contributed by atoms with Gasteiger partial charge in [0.2, 0.25) is 0 Å². The Bertz CT molecular complexity index is 444. The van der Waals surface area contributed by atoms with Gasteiger partial charge in [-0.05, 0) is 41.4 Å². The third-order valence-corrected chi connectivity index (χ3v) is 3.78. The van der Waals surface area contributed by atoms with Crippen molar-refractivity contribution in [3.05, 3.63) is 28.2 Å². The van der Waals surface area contributed by atoms with E-state index in [0.29, 0.717) is 11.6 Å². The van der Waals surface area contributed by atoms with Crippen LogP contribution in [0.15, 0.2) is 22.7 Å². The first-order valence-corrected chi connectivity index (χ1v) is 6.66. The predicted octanol–water partition coefficient (Wildman–Crippen LogP) is 2.67. The van der Waals surface area contributed by atoms with Crippen molar-refractivity contribution in [3.8, 4) is 0 Å². The lowest BCUT2D eigenvalue weighted by Gasteiger charge is -2.26. The number of hydrogen-bond acceptors (Lipinski definition) is 3. The molecule has 1 aromatic rings. The minimum absolute atomic E-state index is 0.0413. The lowest BCUT2D eigenvalue weighted by Crippen LogP contribution is -2.35. The van der Waals surface area contributed by atoms with Crippen molar-refractivity contribution < 1.29 is 4.74 Å². The van der Waals surface area contributed by atoms with Gasteiger partial charge in [-0.3, -0.25) is 0 Å². The molecule has 3 N–H and O–H groups in total. The van der Waals surface area contributed by atoms with Gasteiger partial charge in [0, 0.05) is 22.3 Å². The molecule has 1 fully saturated rings. The van der Waals surface area contributed by atoms with Gasteiger partial charge in [-0.1, -0.05) is 18.3 Å². The highest BCUT2D eigenvalue weighted by Crippen LogP contribution is 2.30. The molecule has 1 aromatic carbocycles. The molecule has 0 aliphatic carbocycles. The van der Waals surface area contributed by atoms with Crippen LogP contribution in [0.25, 0.3) is 0 Å². The van der Waals surface area contributed by atoms with Gasteiger partial charge in [-0.15, -0.1) is 0 Å². The number of nitrogens with two attached hydrogens (primary N) is 1. The fourth-order valence-electron chi connectivity index (χ4n) is 1.97. The van der Waals surface area contributed by atoms with E-state index in [9.17, 15) is 0 Å². The fourth-order valence-corrected chi connectivity index (χ4v) is 2.90. The van der Waals surface area contributed by atoms with Gasteiger partial charge in [-0.2, -0.15) is 0 Å². The molecular weight excluding hydrogens is 300 g/mol. The Hall–Kier alpha value is -0.650. The van der Waals surface area contributed by atoms with Crippen molar-refractivity contribution in [2.75, 3.05) is 18.5 Å². The standard InChI is InChI=1S/C12H15BrN2OS/c1-12(5-6-16-7-12)15-9-4-2-3-8(13)10(9)11(14)17/h2-4,15H,5-7H2,1H3,(H2,14,17). The largest absolute Gasteiger partial charge is 0.389 e. The van der Waals surface area contributed by atoms with Gasteiger partial charge in [-0.25, -0.2) is 0 Å². The number of benzene rings is 1. The quantitative estimate of drug-likeness (QED) is 0.842. The summed E-state index contributed by atoms with van der Waals surface area (Å²) in [5.41, 5.74) is 7.54. The summed E-state index contributed by atoms with van der Waals surface area (Å²) in [6.45, 7) is 3.64. The second-order valence-corrected chi connectivity index (χ2v) is 5.81. The van der Waals surface area contributed by atoms with E-state index in [1.54, 1.807) is 0 Å². The van der Waals surface area contributed by atoms with E-state index >= 15 is 0 Å². The van der Waals surface area contributed by atoms with Crippen LogP contribution in [-0.4, -0.2) is 23.7 Å². The van der Waals surface area contributed by atoms with Crippen molar-refractivity contribution in [3.63, 3.8) is 0 Å². The highest BCUT2D eigenvalue weighted by atomic mass is 79.9. The molecule has 1 aliphatic heterocycles. The summed E-state index contributed by atoms with van der Waals surface area (Å²) < 4.78 is 6.34. The maximum atomic E-state index is 5.76. The average Bonchev–Trinajstić information content (AvgIpc) is 2.64. The molecule has 0 radical (unpaired) electrons. The lowest BCUT2D eigenvalue weighted by molar-refractivity contribution is 0.185. The van der Waals surface area contributed by atoms with Crippen molar-refractivity contribution >= 4 is 38.8 Å². The number of anilines is 1. The van der Waals surface area contributed by atoms with Crippen molar-refractivity contribution in [2.45, 2.75) is 18.9 Å². The second kappa shape index (κ2) is 4.92. The molecule has 0 spiro atoms. The van der Waals surface area contributed by atoms with Crippen molar-refractivity contribution in [1.29, 1.82) is 0 Å². The van der Waals surface area contributed by atoms with Gasteiger partial charge < -0.3 is 15.8 Å². The summed E-state index contributed by atoms with van der Waals surface area (Å²) in [6.07, 6.45) is 0.982. The maximum absolute atomic E-state index is 5.76. The first-order valence-electron chi connectivity index (χ1n) is 5.46. The van der Waals surface area contributed by atoms with Crippen LogP contribution in [0, 0.1) is 0 Å². The van der Waals surface area contributed by atoms with E-state index < -0.39 is 0 Å². The molecule has 0 bridgehead atoms. The minimum atomic E-state index is -0.0413. The summed E-state index contributed by atoms with van der Waals surface area (Å²) in [6, 6.07) is 5.89. The molecule has 5 heteroatoms. The van der Waals surface area contributed by atoms with Crippen molar-refractivity contribution in [2.24, 2.45) is 5.73 Å². The second-order valence-electron chi connectivity index (χ2n) is 4.51. The molecular formula is C12H15BrN2OS. The Morgan fingerprint density at radius 3 is 2.94 bits per heavy atom. The summed E-state index contributed by atoms with van der Waals surface area (Å²) in [5.74, 6) is 0. The lowest BCUT2D eigenvalue weighted by atomic mass is 10.0. The monoisotopic (exact) mass is 314 g/mol. The fraction of sp³-hybridized carbons (Fsp3) is 0.417. The molecule has 17 heavy (non-hydrogen) atoms. The number of rotatable bonds is 3. The smallest absolute Gasteiger partial charge is 0.107 e. The third-order valence-electron chi connectivity index (χ3n) is 2.92. The molecule has 1 saturated heterocycles. The summed E-state index contributed by atoms with van der Waals surface area (Å²) in [7, 11) is 0. The molecule has 92 valence electrons. The van der Waals surface area contributed by atoms with Crippen LogP contribution < -0.4 is 11.1 Å². The highest BCUT2D eigenvalue weighted by Gasteiger charge is 2.30. The molecule has 1 aliphatic rings. The van der Waals surface area contributed by atoms with Gasteiger partial charge in [0.1, 0.15) is 4.99 Å². The van der Waals surface area contributed by atoms with Gasteiger partial charge >= 0.3 is 0 Å². The Balaban J connectivity index is 2.32. The Kier molecular flexibility index (Phi) is 3.70. The van der Waals surface area contributed by atoms with Crippen LogP contribution in [0.5, 0.6) is 0 Å². The zero-order valence-corrected chi connectivity index (χ0v) is 12.0. The molecule has 1 heterocycles. The van der Waals surface area contributed by atoms with Crippen LogP contribution in [0.3, 0.4) is 0 Å².